The fourth-order valence-corrected chi connectivity index (χ4v) is 1.87. The molecule has 0 saturated carbocycles. The van der Waals surface area contributed by atoms with Crippen LogP contribution in [-0.4, -0.2) is 27.2 Å². The standard InChI is InChI=1S/C13H12N4O2/c1-19-7-2-4-10(18)8(6-7)12-15-9-3-5-11(14)16-13(9)17-12/h2-6,18H,1H3,(H3,14,15,16,17). The first-order chi connectivity index (χ1) is 9.17. The smallest absolute Gasteiger partial charge is 0.180 e. The Morgan fingerprint density at radius 3 is 2.84 bits per heavy atom. The van der Waals surface area contributed by atoms with Gasteiger partial charge in [-0.2, -0.15) is 0 Å². The van der Waals surface area contributed by atoms with Crippen LogP contribution in [0.15, 0.2) is 30.3 Å². The van der Waals surface area contributed by atoms with Crippen molar-refractivity contribution in [2.75, 3.05) is 12.8 Å². The van der Waals surface area contributed by atoms with Crippen molar-refractivity contribution in [1.82, 2.24) is 15.0 Å². The molecule has 4 N–H and O–H groups in total. The highest BCUT2D eigenvalue weighted by molar-refractivity contribution is 5.79. The first kappa shape index (κ1) is 11.3. The largest absolute Gasteiger partial charge is 0.507 e. The fraction of sp³-hybridized carbons (Fsp3) is 0.0769. The number of H-pyrrole nitrogens is 1. The van der Waals surface area contributed by atoms with E-state index in [1.165, 1.54) is 0 Å². The Balaban J connectivity index is 2.18. The molecule has 0 aliphatic rings. The number of aromatic hydroxyl groups is 1. The summed E-state index contributed by atoms with van der Waals surface area (Å²) < 4.78 is 5.14. The lowest BCUT2D eigenvalue weighted by Crippen LogP contribution is -1.88. The van der Waals surface area contributed by atoms with Crippen LogP contribution in [0.25, 0.3) is 22.6 Å². The quantitative estimate of drug-likeness (QED) is 0.650. The van der Waals surface area contributed by atoms with E-state index in [9.17, 15) is 5.11 Å². The Labute approximate surface area is 108 Å². The molecule has 0 atom stereocenters. The minimum Gasteiger partial charge on any atom is -0.507 e. The zero-order chi connectivity index (χ0) is 13.4. The molecule has 0 saturated heterocycles. The molecule has 0 amide bonds. The molecular weight excluding hydrogens is 244 g/mol. The number of phenolic OH excluding ortho intramolecular Hbond substituents is 1. The number of hydrogen-bond acceptors (Lipinski definition) is 5. The topological polar surface area (TPSA) is 97.1 Å². The van der Waals surface area contributed by atoms with Gasteiger partial charge in [0.1, 0.15) is 23.1 Å². The zero-order valence-corrected chi connectivity index (χ0v) is 10.2. The Morgan fingerprint density at radius 1 is 1.21 bits per heavy atom. The third kappa shape index (κ3) is 1.93. The highest BCUT2D eigenvalue weighted by Gasteiger charge is 2.11. The van der Waals surface area contributed by atoms with Crippen LogP contribution >= 0.6 is 0 Å². The van der Waals surface area contributed by atoms with Gasteiger partial charge in [0.25, 0.3) is 0 Å². The molecule has 0 bridgehead atoms. The van der Waals surface area contributed by atoms with Crippen LogP contribution in [0.2, 0.25) is 0 Å². The van der Waals surface area contributed by atoms with Crippen molar-refractivity contribution in [3.63, 3.8) is 0 Å². The number of phenols is 1. The van der Waals surface area contributed by atoms with E-state index in [0.717, 1.165) is 5.52 Å². The highest BCUT2D eigenvalue weighted by atomic mass is 16.5. The van der Waals surface area contributed by atoms with Gasteiger partial charge in [-0.05, 0) is 30.3 Å². The van der Waals surface area contributed by atoms with Gasteiger partial charge in [-0.1, -0.05) is 0 Å². The average Bonchev–Trinajstić information content (AvgIpc) is 2.82. The van der Waals surface area contributed by atoms with Gasteiger partial charge < -0.3 is 20.6 Å². The van der Waals surface area contributed by atoms with Gasteiger partial charge >= 0.3 is 0 Å². The molecule has 6 heteroatoms. The molecule has 96 valence electrons. The van der Waals surface area contributed by atoms with Crippen molar-refractivity contribution in [2.24, 2.45) is 0 Å². The predicted molar refractivity (Wildman–Crippen MR) is 72.0 cm³/mol. The number of rotatable bonds is 2. The monoisotopic (exact) mass is 256 g/mol. The number of nitrogens with one attached hydrogen (secondary N) is 1. The van der Waals surface area contributed by atoms with Crippen molar-refractivity contribution in [1.29, 1.82) is 0 Å². The van der Waals surface area contributed by atoms with Gasteiger partial charge in [-0.3, -0.25) is 0 Å². The second-order valence-electron chi connectivity index (χ2n) is 4.08. The van der Waals surface area contributed by atoms with E-state index in [0.29, 0.717) is 28.6 Å². The van der Waals surface area contributed by atoms with Gasteiger partial charge in [-0.25, -0.2) is 9.97 Å². The molecule has 1 aromatic carbocycles. The number of anilines is 1. The lowest BCUT2D eigenvalue weighted by Gasteiger charge is -2.04. The number of fused-ring (bicyclic) bond motifs is 1. The number of imidazole rings is 1. The maximum atomic E-state index is 9.90. The summed E-state index contributed by atoms with van der Waals surface area (Å²) in [6.07, 6.45) is 0. The summed E-state index contributed by atoms with van der Waals surface area (Å²) in [5, 5.41) is 9.90. The zero-order valence-electron chi connectivity index (χ0n) is 10.2. The molecule has 0 unspecified atom stereocenters. The summed E-state index contributed by atoms with van der Waals surface area (Å²) in [4.78, 5) is 11.5. The van der Waals surface area contributed by atoms with Crippen molar-refractivity contribution >= 4 is 17.0 Å². The first-order valence-electron chi connectivity index (χ1n) is 5.67. The van der Waals surface area contributed by atoms with Gasteiger partial charge in [0, 0.05) is 0 Å². The number of pyridine rings is 1. The van der Waals surface area contributed by atoms with E-state index in [4.69, 9.17) is 10.5 Å². The fourth-order valence-electron chi connectivity index (χ4n) is 1.87. The molecule has 2 heterocycles. The number of nitrogen functional groups attached to an aromatic ring is 1. The molecule has 0 aliphatic heterocycles. The van der Waals surface area contributed by atoms with Gasteiger partial charge in [-0.15, -0.1) is 0 Å². The van der Waals surface area contributed by atoms with E-state index in [1.54, 1.807) is 37.4 Å². The molecule has 3 aromatic rings. The predicted octanol–water partition coefficient (Wildman–Crippen LogP) is 1.92. The normalized spacial score (nSPS) is 10.8. The van der Waals surface area contributed by atoms with Crippen molar-refractivity contribution < 1.29 is 9.84 Å². The Kier molecular flexibility index (Phi) is 2.49. The second kappa shape index (κ2) is 4.16. The molecule has 6 nitrogen and oxygen atoms in total. The number of aromatic amines is 1. The van der Waals surface area contributed by atoms with Gasteiger partial charge in [0.05, 0.1) is 18.2 Å². The number of ether oxygens (including phenoxy) is 1. The third-order valence-corrected chi connectivity index (χ3v) is 2.83. The summed E-state index contributed by atoms with van der Waals surface area (Å²) in [6, 6.07) is 8.43. The van der Waals surface area contributed by atoms with Crippen LogP contribution < -0.4 is 10.5 Å². The maximum Gasteiger partial charge on any atom is 0.180 e. The molecule has 2 aromatic heterocycles. The van der Waals surface area contributed by atoms with Crippen LogP contribution in [0.5, 0.6) is 11.5 Å². The molecule has 0 fully saturated rings. The second-order valence-corrected chi connectivity index (χ2v) is 4.08. The number of benzene rings is 1. The summed E-state index contributed by atoms with van der Waals surface area (Å²) in [7, 11) is 1.57. The number of nitrogens with zero attached hydrogens (tertiary/aromatic N) is 2. The number of hydrogen-bond donors (Lipinski definition) is 3. The summed E-state index contributed by atoms with van der Waals surface area (Å²) >= 11 is 0. The number of nitrogens with two attached hydrogens (primary N) is 1. The Hall–Kier alpha value is -2.76. The van der Waals surface area contributed by atoms with Crippen molar-refractivity contribution in [3.05, 3.63) is 30.3 Å². The number of aromatic nitrogens is 3. The van der Waals surface area contributed by atoms with Crippen LogP contribution in [0.3, 0.4) is 0 Å². The summed E-state index contributed by atoms with van der Waals surface area (Å²) in [5.74, 6) is 1.68. The van der Waals surface area contributed by atoms with Crippen LogP contribution in [-0.2, 0) is 0 Å². The first-order valence-corrected chi connectivity index (χ1v) is 5.67. The molecule has 0 aliphatic carbocycles. The third-order valence-electron chi connectivity index (χ3n) is 2.83. The number of methoxy groups -OCH3 is 1. The van der Waals surface area contributed by atoms with E-state index in [2.05, 4.69) is 15.0 Å². The van der Waals surface area contributed by atoms with E-state index < -0.39 is 0 Å². The molecule has 0 radical (unpaired) electrons. The maximum absolute atomic E-state index is 9.90. The van der Waals surface area contributed by atoms with E-state index in [1.807, 2.05) is 0 Å². The van der Waals surface area contributed by atoms with Gasteiger partial charge in [0.15, 0.2) is 5.65 Å². The minimum atomic E-state index is 0.118. The van der Waals surface area contributed by atoms with Crippen LogP contribution in [0.1, 0.15) is 0 Å². The van der Waals surface area contributed by atoms with Crippen LogP contribution in [0.4, 0.5) is 5.82 Å². The molecule has 0 spiro atoms. The Morgan fingerprint density at radius 2 is 2.05 bits per heavy atom. The SMILES string of the molecule is COc1ccc(O)c(-c2nc3nc(N)ccc3[nH]2)c1. The Bertz CT molecular complexity index is 751. The van der Waals surface area contributed by atoms with E-state index >= 15 is 0 Å². The van der Waals surface area contributed by atoms with Crippen LogP contribution in [0, 0.1) is 0 Å². The minimum absolute atomic E-state index is 0.118. The average molecular weight is 256 g/mol. The van der Waals surface area contributed by atoms with Crippen molar-refractivity contribution in [2.45, 2.75) is 0 Å². The molecule has 19 heavy (non-hydrogen) atoms. The lowest BCUT2D eigenvalue weighted by molar-refractivity contribution is 0.412. The molecular formula is C13H12N4O2. The van der Waals surface area contributed by atoms with Crippen molar-refractivity contribution in [3.8, 4) is 22.9 Å². The molecule has 3 rings (SSSR count). The lowest BCUT2D eigenvalue weighted by atomic mass is 10.2. The summed E-state index contributed by atoms with van der Waals surface area (Å²) in [6.45, 7) is 0. The summed E-state index contributed by atoms with van der Waals surface area (Å²) in [5.41, 5.74) is 7.43. The highest BCUT2D eigenvalue weighted by Crippen LogP contribution is 2.31. The van der Waals surface area contributed by atoms with Gasteiger partial charge in [0.2, 0.25) is 0 Å². The van der Waals surface area contributed by atoms with E-state index in [-0.39, 0.29) is 5.75 Å².